The van der Waals surface area contributed by atoms with Crippen LogP contribution in [0.1, 0.15) is 16.7 Å². The number of benzene rings is 3. The summed E-state index contributed by atoms with van der Waals surface area (Å²) in [5, 5.41) is 11.7. The van der Waals surface area contributed by atoms with Gasteiger partial charge in [0.1, 0.15) is 5.75 Å². The molecule has 0 atom stereocenters. The lowest BCUT2D eigenvalue weighted by molar-refractivity contribution is -0.385. The second kappa shape index (κ2) is 7.24. The number of likely N-dealkylation sites (N-methyl/N-ethyl adjacent to an activating group) is 1. The van der Waals surface area contributed by atoms with Gasteiger partial charge in [-0.1, -0.05) is 42.5 Å². The van der Waals surface area contributed by atoms with Gasteiger partial charge in [0.2, 0.25) is 0 Å². The van der Waals surface area contributed by atoms with Crippen molar-refractivity contribution in [3.8, 4) is 5.75 Å². The van der Waals surface area contributed by atoms with E-state index in [-0.39, 0.29) is 11.6 Å². The summed E-state index contributed by atoms with van der Waals surface area (Å²) in [6, 6.07) is 21.2. The van der Waals surface area contributed by atoms with Gasteiger partial charge in [0, 0.05) is 30.3 Å². The van der Waals surface area contributed by atoms with E-state index >= 15 is 0 Å². The van der Waals surface area contributed by atoms with Crippen molar-refractivity contribution < 1.29 is 14.5 Å². The number of nitro groups is 1. The molecule has 0 radical (unpaired) electrons. The number of methoxy groups -OCH3 is 1. The van der Waals surface area contributed by atoms with E-state index in [9.17, 15) is 14.9 Å². The first-order valence-corrected chi connectivity index (χ1v) is 9.03. The normalized spacial score (nSPS) is 14.6. The van der Waals surface area contributed by atoms with Gasteiger partial charge < -0.3 is 9.64 Å². The number of para-hydroxylation sites is 1. The number of ether oxygens (including phenoxy) is 1. The molecule has 0 N–H and O–H groups in total. The highest BCUT2D eigenvalue weighted by atomic mass is 16.6. The van der Waals surface area contributed by atoms with Gasteiger partial charge in [-0.15, -0.1) is 0 Å². The Morgan fingerprint density at radius 1 is 1.00 bits per heavy atom. The van der Waals surface area contributed by atoms with Gasteiger partial charge in [0.25, 0.3) is 11.6 Å². The van der Waals surface area contributed by atoms with Crippen LogP contribution in [-0.2, 0) is 4.79 Å². The van der Waals surface area contributed by atoms with Crippen LogP contribution < -0.4 is 9.64 Å². The summed E-state index contributed by atoms with van der Waals surface area (Å²) >= 11 is 0. The number of hydrogen-bond donors (Lipinski definition) is 0. The SMILES string of the molecule is COc1ccc2c(c1)N(C)C(=O)/C2=C(\c1ccccc1)c1ccccc1[N+](=O)[O-]. The number of carbonyl (C=O) groups excluding carboxylic acids is 1. The second-order valence-corrected chi connectivity index (χ2v) is 6.64. The lowest BCUT2D eigenvalue weighted by Crippen LogP contribution is -2.21. The zero-order valence-electron chi connectivity index (χ0n) is 16.0. The van der Waals surface area contributed by atoms with Crippen molar-refractivity contribution in [2.45, 2.75) is 0 Å². The van der Waals surface area contributed by atoms with Crippen LogP contribution in [0, 0.1) is 10.1 Å². The smallest absolute Gasteiger partial charge is 0.277 e. The van der Waals surface area contributed by atoms with Gasteiger partial charge in [0.05, 0.1) is 28.9 Å². The van der Waals surface area contributed by atoms with Crippen molar-refractivity contribution >= 4 is 28.4 Å². The predicted molar refractivity (Wildman–Crippen MR) is 112 cm³/mol. The number of amides is 1. The average Bonchev–Trinajstić information content (AvgIpc) is 2.99. The molecule has 1 heterocycles. The van der Waals surface area contributed by atoms with Gasteiger partial charge in [-0.2, -0.15) is 0 Å². The molecule has 6 nitrogen and oxygen atoms in total. The maximum Gasteiger partial charge on any atom is 0.277 e. The van der Waals surface area contributed by atoms with Crippen molar-refractivity contribution in [2.75, 3.05) is 19.1 Å². The van der Waals surface area contributed by atoms with E-state index in [1.807, 2.05) is 36.4 Å². The van der Waals surface area contributed by atoms with Crippen LogP contribution in [0.4, 0.5) is 11.4 Å². The van der Waals surface area contributed by atoms with E-state index in [1.54, 1.807) is 49.4 Å². The first-order valence-electron chi connectivity index (χ1n) is 9.03. The molecule has 0 aliphatic carbocycles. The third-order valence-corrected chi connectivity index (χ3v) is 5.04. The van der Waals surface area contributed by atoms with E-state index in [2.05, 4.69) is 0 Å². The van der Waals surface area contributed by atoms with Gasteiger partial charge in [-0.3, -0.25) is 14.9 Å². The monoisotopic (exact) mass is 386 g/mol. The van der Waals surface area contributed by atoms with Crippen LogP contribution in [0.2, 0.25) is 0 Å². The van der Waals surface area contributed by atoms with Crippen LogP contribution >= 0.6 is 0 Å². The molecule has 3 aromatic carbocycles. The molecule has 1 aliphatic heterocycles. The van der Waals surface area contributed by atoms with Gasteiger partial charge in [0.15, 0.2) is 0 Å². The molecule has 0 aromatic heterocycles. The minimum atomic E-state index is -0.420. The Morgan fingerprint density at radius 2 is 1.69 bits per heavy atom. The summed E-state index contributed by atoms with van der Waals surface area (Å²) in [7, 11) is 3.26. The quantitative estimate of drug-likeness (QED) is 0.375. The minimum absolute atomic E-state index is 0.0451. The average molecular weight is 386 g/mol. The van der Waals surface area contributed by atoms with Crippen LogP contribution in [0.5, 0.6) is 5.75 Å². The Kier molecular flexibility index (Phi) is 4.60. The molecule has 0 saturated heterocycles. The van der Waals surface area contributed by atoms with Gasteiger partial charge in [-0.05, 0) is 23.8 Å². The molecule has 4 rings (SSSR count). The fraction of sp³-hybridized carbons (Fsp3) is 0.0870. The Hall–Kier alpha value is -3.93. The lowest BCUT2D eigenvalue weighted by atomic mass is 9.89. The number of anilines is 1. The Morgan fingerprint density at radius 3 is 2.38 bits per heavy atom. The lowest BCUT2D eigenvalue weighted by Gasteiger charge is -2.13. The predicted octanol–water partition coefficient (Wildman–Crippen LogP) is 4.54. The maximum atomic E-state index is 13.3. The molecule has 0 unspecified atom stereocenters. The van der Waals surface area contributed by atoms with Crippen molar-refractivity contribution in [3.05, 3.63) is 99.6 Å². The summed E-state index contributed by atoms with van der Waals surface area (Å²) in [6.45, 7) is 0. The van der Waals surface area contributed by atoms with E-state index in [0.717, 1.165) is 11.1 Å². The van der Waals surface area contributed by atoms with E-state index in [4.69, 9.17) is 4.74 Å². The first-order chi connectivity index (χ1) is 14.0. The number of nitro benzene ring substituents is 1. The van der Waals surface area contributed by atoms with Crippen molar-refractivity contribution in [1.82, 2.24) is 0 Å². The highest BCUT2D eigenvalue weighted by Crippen LogP contribution is 2.45. The molecule has 144 valence electrons. The zero-order chi connectivity index (χ0) is 20.5. The molecule has 0 bridgehead atoms. The summed E-state index contributed by atoms with van der Waals surface area (Å²) in [5.74, 6) is 0.418. The highest BCUT2D eigenvalue weighted by Gasteiger charge is 2.35. The molecule has 0 fully saturated rings. The third kappa shape index (κ3) is 3.04. The minimum Gasteiger partial charge on any atom is -0.497 e. The number of hydrogen-bond acceptors (Lipinski definition) is 4. The molecule has 29 heavy (non-hydrogen) atoms. The Balaban J connectivity index is 2.10. The summed E-state index contributed by atoms with van der Waals surface area (Å²) in [4.78, 5) is 26.1. The van der Waals surface area contributed by atoms with Gasteiger partial charge in [-0.25, -0.2) is 0 Å². The van der Waals surface area contributed by atoms with E-state index < -0.39 is 4.92 Å². The first kappa shape index (κ1) is 18.4. The Labute approximate surface area is 167 Å². The molecule has 0 spiro atoms. The molecule has 6 heteroatoms. The molecule has 3 aromatic rings. The van der Waals surface area contributed by atoms with Crippen molar-refractivity contribution in [3.63, 3.8) is 0 Å². The van der Waals surface area contributed by atoms with Crippen molar-refractivity contribution in [2.24, 2.45) is 0 Å². The highest BCUT2D eigenvalue weighted by molar-refractivity contribution is 6.39. The fourth-order valence-electron chi connectivity index (χ4n) is 3.64. The number of rotatable bonds is 4. The molecular weight excluding hydrogens is 368 g/mol. The molecular formula is C23H18N2O4. The summed E-state index contributed by atoms with van der Waals surface area (Å²) < 4.78 is 5.30. The molecule has 0 saturated carbocycles. The molecule has 1 amide bonds. The van der Waals surface area contributed by atoms with Crippen molar-refractivity contribution in [1.29, 1.82) is 0 Å². The zero-order valence-corrected chi connectivity index (χ0v) is 16.0. The number of nitrogens with zero attached hydrogens (tertiary/aromatic N) is 2. The molecule has 1 aliphatic rings. The summed E-state index contributed by atoms with van der Waals surface area (Å²) in [6.07, 6.45) is 0. The Bertz CT molecular complexity index is 1150. The number of carbonyl (C=O) groups is 1. The third-order valence-electron chi connectivity index (χ3n) is 5.04. The van der Waals surface area contributed by atoms with Crippen LogP contribution in [0.15, 0.2) is 72.8 Å². The maximum absolute atomic E-state index is 13.3. The topological polar surface area (TPSA) is 72.7 Å². The van der Waals surface area contributed by atoms with Crippen LogP contribution in [0.3, 0.4) is 0 Å². The second-order valence-electron chi connectivity index (χ2n) is 6.64. The fourth-order valence-corrected chi connectivity index (χ4v) is 3.64. The van der Waals surface area contributed by atoms with E-state index in [1.165, 1.54) is 6.07 Å². The summed E-state index contributed by atoms with van der Waals surface area (Å²) in [5.41, 5.74) is 3.50. The largest absolute Gasteiger partial charge is 0.497 e. The standard InChI is InChI=1S/C23H18N2O4/c1-24-20-14-16(29-2)12-13-18(20)22(23(24)26)21(15-8-4-3-5-9-15)17-10-6-7-11-19(17)25(27)28/h3-14H,1-2H3/b22-21+. The van der Waals surface area contributed by atoms with Crippen LogP contribution in [0.25, 0.3) is 11.1 Å². The van der Waals surface area contributed by atoms with Gasteiger partial charge >= 0.3 is 0 Å². The van der Waals surface area contributed by atoms with Crippen LogP contribution in [-0.4, -0.2) is 25.0 Å². The van der Waals surface area contributed by atoms with E-state index in [0.29, 0.717) is 28.1 Å². The number of fused-ring (bicyclic) bond motifs is 1.